The maximum absolute atomic E-state index is 12.8. The van der Waals surface area contributed by atoms with Gasteiger partial charge in [-0.3, -0.25) is 19.7 Å². The van der Waals surface area contributed by atoms with Crippen LogP contribution in [0.15, 0.2) is 39.3 Å². The number of piperidine rings is 1. The van der Waals surface area contributed by atoms with Crippen LogP contribution in [0.4, 0.5) is 10.5 Å². The second kappa shape index (κ2) is 8.91. The summed E-state index contributed by atoms with van der Waals surface area (Å²) in [4.78, 5) is 49.9. The summed E-state index contributed by atoms with van der Waals surface area (Å²) in [5, 5.41) is 18.3. The SMILES string of the molecule is O=C1CCC(N2Cc3c(ccc(CNC(=O)Nc4ccc(Br)c(Br)c4)c3O)C2=O)C(=O)N1. The number of anilines is 1. The molecular weight excluding hydrogens is 548 g/mol. The number of aromatic hydroxyl groups is 1. The van der Waals surface area contributed by atoms with Crippen LogP contribution in [0.2, 0.25) is 0 Å². The molecule has 2 heterocycles. The molecule has 166 valence electrons. The summed E-state index contributed by atoms with van der Waals surface area (Å²) in [6.07, 6.45) is 0.396. The Labute approximate surface area is 199 Å². The standard InChI is InChI=1S/C21H18Br2N4O5/c22-14-4-2-11(7-15(14)23)25-21(32)24-8-10-1-3-12-13(18(10)29)9-27(20(12)31)16-5-6-17(28)26-19(16)30/h1-4,7,16,29H,5-6,8-9H2,(H2,24,25,32)(H,26,28,30). The number of nitrogens with one attached hydrogen (secondary N) is 3. The van der Waals surface area contributed by atoms with E-state index in [2.05, 4.69) is 47.8 Å². The third-order valence-corrected chi connectivity index (χ3v) is 7.27. The number of amides is 5. The van der Waals surface area contributed by atoms with Crippen molar-refractivity contribution in [2.24, 2.45) is 0 Å². The fourth-order valence-corrected chi connectivity index (χ4v) is 4.37. The quantitative estimate of drug-likeness (QED) is 0.424. The molecule has 0 aliphatic carbocycles. The first-order valence-electron chi connectivity index (χ1n) is 9.73. The Morgan fingerprint density at radius 3 is 2.66 bits per heavy atom. The van der Waals surface area contributed by atoms with Crippen LogP contribution in [-0.2, 0) is 22.7 Å². The molecule has 5 amide bonds. The van der Waals surface area contributed by atoms with E-state index in [1.165, 1.54) is 4.90 Å². The highest BCUT2D eigenvalue weighted by molar-refractivity contribution is 9.13. The molecule has 0 spiro atoms. The monoisotopic (exact) mass is 564 g/mol. The number of imide groups is 1. The largest absolute Gasteiger partial charge is 0.507 e. The highest BCUT2D eigenvalue weighted by atomic mass is 79.9. The zero-order valence-corrected chi connectivity index (χ0v) is 19.7. The van der Waals surface area contributed by atoms with Crippen LogP contribution in [0.5, 0.6) is 5.75 Å². The van der Waals surface area contributed by atoms with Gasteiger partial charge in [0.15, 0.2) is 0 Å². The Morgan fingerprint density at radius 1 is 1.16 bits per heavy atom. The van der Waals surface area contributed by atoms with Crippen LogP contribution < -0.4 is 16.0 Å². The van der Waals surface area contributed by atoms with Crippen molar-refractivity contribution in [1.29, 1.82) is 0 Å². The second-order valence-electron chi connectivity index (χ2n) is 7.44. The van der Waals surface area contributed by atoms with Crippen molar-refractivity contribution < 1.29 is 24.3 Å². The number of fused-ring (bicyclic) bond motifs is 1. The van der Waals surface area contributed by atoms with Gasteiger partial charge in [0.05, 0.1) is 6.54 Å². The van der Waals surface area contributed by atoms with E-state index in [0.29, 0.717) is 22.4 Å². The van der Waals surface area contributed by atoms with Crippen molar-refractivity contribution in [1.82, 2.24) is 15.5 Å². The maximum Gasteiger partial charge on any atom is 0.319 e. The Bertz CT molecular complexity index is 1150. The van der Waals surface area contributed by atoms with Gasteiger partial charge < -0.3 is 20.6 Å². The lowest BCUT2D eigenvalue weighted by atomic mass is 10.0. The zero-order chi connectivity index (χ0) is 23.0. The molecule has 1 saturated heterocycles. The third kappa shape index (κ3) is 4.35. The van der Waals surface area contributed by atoms with Crippen LogP contribution in [0.25, 0.3) is 0 Å². The van der Waals surface area contributed by atoms with Gasteiger partial charge in [0.2, 0.25) is 11.8 Å². The lowest BCUT2D eigenvalue weighted by molar-refractivity contribution is -0.136. The molecule has 2 aromatic carbocycles. The fraction of sp³-hybridized carbons (Fsp3) is 0.238. The molecule has 0 radical (unpaired) electrons. The van der Waals surface area contributed by atoms with Gasteiger partial charge >= 0.3 is 6.03 Å². The number of urea groups is 1. The molecule has 2 aliphatic heterocycles. The van der Waals surface area contributed by atoms with Crippen molar-refractivity contribution in [3.8, 4) is 5.75 Å². The molecule has 32 heavy (non-hydrogen) atoms. The summed E-state index contributed by atoms with van der Waals surface area (Å²) in [5.74, 6) is -1.35. The smallest absolute Gasteiger partial charge is 0.319 e. The molecule has 2 aromatic rings. The molecule has 1 fully saturated rings. The normalized spacial score (nSPS) is 17.8. The van der Waals surface area contributed by atoms with Gasteiger partial charge in [0.25, 0.3) is 5.91 Å². The summed E-state index contributed by atoms with van der Waals surface area (Å²) in [6, 6.07) is 7.19. The lowest BCUT2D eigenvalue weighted by Gasteiger charge is -2.29. The molecule has 4 rings (SSSR count). The molecule has 11 heteroatoms. The van der Waals surface area contributed by atoms with Crippen LogP contribution in [0.3, 0.4) is 0 Å². The second-order valence-corrected chi connectivity index (χ2v) is 9.14. The van der Waals surface area contributed by atoms with Gasteiger partial charge in [-0.25, -0.2) is 4.79 Å². The molecular formula is C21H18Br2N4O5. The Hall–Kier alpha value is -2.92. The molecule has 0 bridgehead atoms. The average molecular weight is 566 g/mol. The van der Waals surface area contributed by atoms with Crippen molar-refractivity contribution in [3.05, 3.63) is 56.0 Å². The van der Waals surface area contributed by atoms with Crippen LogP contribution >= 0.6 is 31.9 Å². The topological polar surface area (TPSA) is 128 Å². The number of benzene rings is 2. The van der Waals surface area contributed by atoms with E-state index in [9.17, 15) is 24.3 Å². The van der Waals surface area contributed by atoms with E-state index in [1.807, 2.05) is 0 Å². The van der Waals surface area contributed by atoms with Gasteiger partial charge in [-0.05, 0) is 62.5 Å². The minimum atomic E-state index is -0.760. The Morgan fingerprint density at radius 2 is 1.94 bits per heavy atom. The number of rotatable bonds is 4. The minimum Gasteiger partial charge on any atom is -0.507 e. The van der Waals surface area contributed by atoms with Gasteiger partial charge in [-0.2, -0.15) is 0 Å². The van der Waals surface area contributed by atoms with E-state index in [0.717, 1.165) is 8.95 Å². The first kappa shape index (κ1) is 22.3. The fourth-order valence-electron chi connectivity index (χ4n) is 3.74. The third-order valence-electron chi connectivity index (χ3n) is 5.39. The van der Waals surface area contributed by atoms with Crippen LogP contribution in [0, 0.1) is 0 Å². The number of carbonyl (C=O) groups excluding carboxylic acids is 4. The molecule has 1 unspecified atom stereocenters. The van der Waals surface area contributed by atoms with E-state index in [-0.39, 0.29) is 43.5 Å². The van der Waals surface area contributed by atoms with Crippen molar-refractivity contribution in [2.75, 3.05) is 5.32 Å². The Balaban J connectivity index is 1.43. The number of phenolic OH excluding ortho intramolecular Hbond substituents is 1. The number of hydrogen-bond donors (Lipinski definition) is 4. The lowest BCUT2D eigenvalue weighted by Crippen LogP contribution is -2.52. The number of nitrogens with zero attached hydrogens (tertiary/aromatic N) is 1. The minimum absolute atomic E-state index is 0.0370. The summed E-state index contributed by atoms with van der Waals surface area (Å²) in [5.41, 5.74) is 1.73. The summed E-state index contributed by atoms with van der Waals surface area (Å²) in [7, 11) is 0. The molecule has 0 aromatic heterocycles. The van der Waals surface area contributed by atoms with E-state index in [4.69, 9.17) is 0 Å². The van der Waals surface area contributed by atoms with E-state index < -0.39 is 18.0 Å². The predicted molar refractivity (Wildman–Crippen MR) is 122 cm³/mol. The first-order chi connectivity index (χ1) is 15.2. The van der Waals surface area contributed by atoms with E-state index >= 15 is 0 Å². The number of phenols is 1. The van der Waals surface area contributed by atoms with Crippen molar-refractivity contribution >= 4 is 61.3 Å². The number of halogens is 2. The zero-order valence-electron chi connectivity index (χ0n) is 16.6. The van der Waals surface area contributed by atoms with E-state index in [1.54, 1.807) is 30.3 Å². The average Bonchev–Trinajstić information content (AvgIpc) is 3.07. The predicted octanol–water partition coefficient (Wildman–Crippen LogP) is 3.00. The van der Waals surface area contributed by atoms with Gasteiger partial charge in [-0.1, -0.05) is 6.07 Å². The maximum atomic E-state index is 12.8. The highest BCUT2D eigenvalue weighted by Gasteiger charge is 2.40. The number of hydrogen-bond acceptors (Lipinski definition) is 5. The molecule has 1 atom stereocenters. The summed E-state index contributed by atoms with van der Waals surface area (Å²) < 4.78 is 1.64. The van der Waals surface area contributed by atoms with Crippen molar-refractivity contribution in [3.63, 3.8) is 0 Å². The number of carbonyl (C=O) groups is 4. The van der Waals surface area contributed by atoms with Gasteiger partial charge in [0.1, 0.15) is 11.8 Å². The molecule has 9 nitrogen and oxygen atoms in total. The molecule has 4 N–H and O–H groups in total. The van der Waals surface area contributed by atoms with Crippen LogP contribution in [-0.4, -0.2) is 39.8 Å². The molecule has 2 aliphatic rings. The van der Waals surface area contributed by atoms with Gasteiger partial charge in [-0.15, -0.1) is 0 Å². The summed E-state index contributed by atoms with van der Waals surface area (Å²) >= 11 is 6.73. The van der Waals surface area contributed by atoms with Gasteiger partial charge in [0, 0.05) is 44.3 Å². The first-order valence-corrected chi connectivity index (χ1v) is 11.3. The van der Waals surface area contributed by atoms with Crippen LogP contribution in [0.1, 0.15) is 34.3 Å². The molecule has 0 saturated carbocycles. The summed E-state index contributed by atoms with van der Waals surface area (Å²) in [6.45, 7) is 0.0918. The highest BCUT2D eigenvalue weighted by Crippen LogP contribution is 2.35. The Kier molecular flexibility index (Phi) is 6.20. The van der Waals surface area contributed by atoms with Crippen molar-refractivity contribution in [2.45, 2.75) is 32.0 Å².